The zero-order valence-electron chi connectivity index (χ0n) is 8.72. The Labute approximate surface area is 106 Å². The molecule has 0 unspecified atom stereocenters. The van der Waals surface area contributed by atoms with E-state index in [0.717, 1.165) is 13.1 Å². The molecule has 1 aliphatic rings. The zero-order valence-corrected chi connectivity index (χ0v) is 11.1. The van der Waals surface area contributed by atoms with Crippen LogP contribution < -0.4 is 10.6 Å². The number of halogens is 1. The van der Waals surface area contributed by atoms with Gasteiger partial charge in [0, 0.05) is 0 Å². The molecule has 0 aromatic carbocycles. The van der Waals surface area contributed by atoms with Crippen LogP contribution in [0, 0.1) is 0 Å². The molecule has 1 aliphatic heterocycles. The van der Waals surface area contributed by atoms with E-state index in [0.29, 0.717) is 0 Å². The molecule has 5 heteroatoms. The van der Waals surface area contributed by atoms with E-state index >= 15 is 0 Å². The second-order valence-electron chi connectivity index (χ2n) is 3.55. The molecular weight excluding hydrogens is 233 g/mol. The fraction of sp³-hybridized carbons (Fsp3) is 1.00. The first-order valence-electron chi connectivity index (χ1n) is 5.27. The SMILES string of the molecule is Cl.[Ti][N]1CCCNCCCNCCC1. The van der Waals surface area contributed by atoms with Gasteiger partial charge < -0.3 is 0 Å². The fourth-order valence-electron chi connectivity index (χ4n) is 1.49. The molecule has 1 saturated heterocycles. The number of hydrogen-bond donors (Lipinski definition) is 2. The number of rotatable bonds is 0. The topological polar surface area (TPSA) is 27.3 Å². The van der Waals surface area contributed by atoms with Crippen LogP contribution in [0.2, 0.25) is 0 Å². The van der Waals surface area contributed by atoms with Gasteiger partial charge in [-0.3, -0.25) is 0 Å². The third kappa shape index (κ3) is 8.21. The van der Waals surface area contributed by atoms with Gasteiger partial charge in [0.25, 0.3) is 0 Å². The van der Waals surface area contributed by atoms with Crippen molar-refractivity contribution >= 4 is 12.4 Å². The zero-order chi connectivity index (χ0) is 9.36. The Bertz CT molecular complexity index is 115. The van der Waals surface area contributed by atoms with Gasteiger partial charge in [0.15, 0.2) is 0 Å². The first-order chi connectivity index (χ1) is 6.39. The third-order valence-electron chi connectivity index (χ3n) is 2.27. The summed E-state index contributed by atoms with van der Waals surface area (Å²) in [7, 11) is 0. The summed E-state index contributed by atoms with van der Waals surface area (Å²) in [5.74, 6) is 0. The summed E-state index contributed by atoms with van der Waals surface area (Å²) < 4.78 is 2.42. The Hall–Kier alpha value is 0.884. The van der Waals surface area contributed by atoms with Crippen LogP contribution in [0.25, 0.3) is 0 Å². The first kappa shape index (κ1) is 14.9. The predicted molar refractivity (Wildman–Crippen MR) is 58.4 cm³/mol. The number of nitrogens with zero attached hydrogens (tertiary/aromatic N) is 1. The first-order valence-corrected chi connectivity index (χ1v) is 5.97. The van der Waals surface area contributed by atoms with E-state index in [4.69, 9.17) is 0 Å². The normalized spacial score (nSPS) is 22.8. The molecule has 0 bridgehead atoms. The van der Waals surface area contributed by atoms with Crippen LogP contribution in [0.1, 0.15) is 19.3 Å². The molecule has 0 aromatic heterocycles. The Morgan fingerprint density at radius 2 is 1.21 bits per heavy atom. The number of hydrogen-bond acceptors (Lipinski definition) is 3. The summed E-state index contributed by atoms with van der Waals surface area (Å²) in [6.45, 7) is 7.13. The van der Waals surface area contributed by atoms with Crippen LogP contribution >= 0.6 is 12.4 Å². The van der Waals surface area contributed by atoms with Crippen LogP contribution in [-0.2, 0) is 20.7 Å². The van der Waals surface area contributed by atoms with E-state index < -0.39 is 0 Å². The summed E-state index contributed by atoms with van der Waals surface area (Å²) in [6.07, 6.45) is 3.82. The summed E-state index contributed by atoms with van der Waals surface area (Å²) in [6, 6.07) is 0. The second-order valence-corrected chi connectivity index (χ2v) is 4.54. The van der Waals surface area contributed by atoms with E-state index in [1.807, 2.05) is 0 Å². The van der Waals surface area contributed by atoms with Crippen molar-refractivity contribution in [3.63, 3.8) is 0 Å². The molecule has 83 valence electrons. The van der Waals surface area contributed by atoms with Crippen molar-refractivity contribution < 1.29 is 20.7 Å². The summed E-state index contributed by atoms with van der Waals surface area (Å²) >= 11 is 2.21. The number of nitrogens with one attached hydrogen (secondary N) is 2. The van der Waals surface area contributed by atoms with Crippen molar-refractivity contribution in [3.05, 3.63) is 0 Å². The standard InChI is InChI=1S/C9H20N3.ClH.Ti/c1-4-10-6-2-8-12-9-3-7-11-5-1;;/h10-11H,1-9H2;1H;/q-1;;+1. The molecule has 3 nitrogen and oxygen atoms in total. The minimum absolute atomic E-state index is 0. The Kier molecular flexibility index (Phi) is 11.1. The fourth-order valence-corrected chi connectivity index (χ4v) is 1.98. The molecule has 0 amide bonds. The van der Waals surface area contributed by atoms with Gasteiger partial charge in [0.05, 0.1) is 0 Å². The van der Waals surface area contributed by atoms with Gasteiger partial charge in [-0.1, -0.05) is 0 Å². The van der Waals surface area contributed by atoms with E-state index in [2.05, 4.69) is 34.7 Å². The monoisotopic (exact) mass is 254 g/mol. The molecule has 14 heavy (non-hydrogen) atoms. The summed E-state index contributed by atoms with van der Waals surface area (Å²) in [5.41, 5.74) is 0. The molecule has 0 aromatic rings. The van der Waals surface area contributed by atoms with Gasteiger partial charge in [-0.05, 0) is 0 Å². The van der Waals surface area contributed by atoms with Crippen molar-refractivity contribution in [3.8, 4) is 0 Å². The van der Waals surface area contributed by atoms with Crippen LogP contribution in [0.5, 0.6) is 0 Å². The molecule has 0 aliphatic carbocycles. The van der Waals surface area contributed by atoms with Crippen molar-refractivity contribution in [1.82, 2.24) is 14.0 Å². The second kappa shape index (κ2) is 10.4. The molecule has 1 rings (SSSR count). The Morgan fingerprint density at radius 3 is 1.71 bits per heavy atom. The van der Waals surface area contributed by atoms with Crippen LogP contribution in [0.15, 0.2) is 0 Å². The third-order valence-corrected chi connectivity index (χ3v) is 2.97. The van der Waals surface area contributed by atoms with E-state index in [9.17, 15) is 0 Å². The van der Waals surface area contributed by atoms with Crippen LogP contribution in [0.4, 0.5) is 0 Å². The van der Waals surface area contributed by atoms with Crippen molar-refractivity contribution in [2.24, 2.45) is 0 Å². The van der Waals surface area contributed by atoms with Crippen LogP contribution in [0.3, 0.4) is 0 Å². The molecular formula is C9H21ClN3Ti. The molecule has 1 fully saturated rings. The van der Waals surface area contributed by atoms with Gasteiger partial charge in [-0.2, -0.15) is 0 Å². The van der Waals surface area contributed by atoms with Crippen molar-refractivity contribution in [1.29, 1.82) is 0 Å². The summed E-state index contributed by atoms with van der Waals surface area (Å²) in [4.78, 5) is 0. The molecule has 0 atom stereocenters. The maximum atomic E-state index is 3.46. The molecule has 0 radical (unpaired) electrons. The van der Waals surface area contributed by atoms with E-state index in [1.54, 1.807) is 0 Å². The average Bonchev–Trinajstić information content (AvgIpc) is 2.11. The quantitative estimate of drug-likeness (QED) is 0.618. The van der Waals surface area contributed by atoms with Crippen molar-refractivity contribution in [2.75, 3.05) is 39.3 Å². The Balaban J connectivity index is 0.00000169. The molecule has 0 spiro atoms. The minimum atomic E-state index is 0. The van der Waals surface area contributed by atoms with Gasteiger partial charge >= 0.3 is 93.2 Å². The molecule has 0 saturated carbocycles. The van der Waals surface area contributed by atoms with Gasteiger partial charge in [0.1, 0.15) is 0 Å². The summed E-state index contributed by atoms with van der Waals surface area (Å²) in [5, 5.41) is 6.91. The van der Waals surface area contributed by atoms with Gasteiger partial charge in [-0.25, -0.2) is 0 Å². The molecule has 2 N–H and O–H groups in total. The van der Waals surface area contributed by atoms with Crippen LogP contribution in [-0.4, -0.2) is 42.7 Å². The molecule has 1 heterocycles. The Morgan fingerprint density at radius 1 is 0.786 bits per heavy atom. The maximum absolute atomic E-state index is 3.46. The average molecular weight is 255 g/mol. The van der Waals surface area contributed by atoms with E-state index in [-0.39, 0.29) is 12.4 Å². The van der Waals surface area contributed by atoms with Gasteiger partial charge in [0.2, 0.25) is 0 Å². The van der Waals surface area contributed by atoms with Gasteiger partial charge in [-0.15, -0.1) is 12.4 Å². The van der Waals surface area contributed by atoms with Crippen molar-refractivity contribution in [2.45, 2.75) is 19.3 Å². The van der Waals surface area contributed by atoms with E-state index in [1.165, 1.54) is 45.4 Å². The predicted octanol–water partition coefficient (Wildman–Crippen LogP) is 0.535.